The van der Waals surface area contributed by atoms with Crippen molar-refractivity contribution >= 4 is 27.2 Å². The molecule has 146 valence electrons. The van der Waals surface area contributed by atoms with E-state index in [1.807, 2.05) is 11.9 Å². The standard InChI is InChI=1S/C18H22ClN3O4S/c1-10-15(18(24)22(3)20-10)17(23)12-7-8-14(27(4,25)26)13(16(12)19)9-21(2)11-5-6-11/h7-8,11,24H,5-6,9H2,1-4H3. The molecule has 1 aliphatic rings. The summed E-state index contributed by atoms with van der Waals surface area (Å²) >= 11 is 6.52. The van der Waals surface area contributed by atoms with E-state index in [0.29, 0.717) is 23.8 Å². The van der Waals surface area contributed by atoms with Gasteiger partial charge in [-0.25, -0.2) is 13.1 Å². The largest absolute Gasteiger partial charge is 0.493 e. The van der Waals surface area contributed by atoms with Crippen molar-refractivity contribution in [2.45, 2.75) is 37.2 Å². The molecule has 3 rings (SSSR count). The number of carbonyl (C=O) groups is 1. The van der Waals surface area contributed by atoms with Gasteiger partial charge in [0.15, 0.2) is 9.84 Å². The molecule has 1 saturated carbocycles. The number of rotatable bonds is 6. The normalized spacial score (nSPS) is 14.7. The number of aromatic hydroxyl groups is 1. The van der Waals surface area contributed by atoms with Crippen molar-refractivity contribution in [2.24, 2.45) is 7.05 Å². The lowest BCUT2D eigenvalue weighted by Gasteiger charge is -2.20. The fourth-order valence-electron chi connectivity index (χ4n) is 3.21. The SMILES string of the molecule is Cc1nn(C)c(O)c1C(=O)c1ccc(S(C)(=O)=O)c(CN(C)C2CC2)c1Cl. The number of nitrogens with zero attached hydrogens (tertiary/aromatic N) is 3. The predicted octanol–water partition coefficient (Wildman–Crippen LogP) is 2.32. The lowest BCUT2D eigenvalue weighted by Crippen LogP contribution is -2.22. The van der Waals surface area contributed by atoms with Crippen LogP contribution in [0.5, 0.6) is 5.88 Å². The lowest BCUT2D eigenvalue weighted by molar-refractivity contribution is 0.103. The van der Waals surface area contributed by atoms with Crippen LogP contribution >= 0.6 is 11.6 Å². The third kappa shape index (κ3) is 3.74. The smallest absolute Gasteiger partial charge is 0.220 e. The molecule has 0 aliphatic heterocycles. The van der Waals surface area contributed by atoms with Gasteiger partial charge in [0.25, 0.3) is 0 Å². The minimum absolute atomic E-state index is 0.0630. The average molecular weight is 412 g/mol. The highest BCUT2D eigenvalue weighted by Crippen LogP contribution is 2.35. The molecule has 0 bridgehead atoms. The molecule has 0 atom stereocenters. The second-order valence-corrected chi connectivity index (χ2v) is 9.42. The van der Waals surface area contributed by atoms with Gasteiger partial charge in [0.1, 0.15) is 5.56 Å². The summed E-state index contributed by atoms with van der Waals surface area (Å²) in [6.45, 7) is 1.94. The van der Waals surface area contributed by atoms with Crippen molar-refractivity contribution in [1.82, 2.24) is 14.7 Å². The highest BCUT2D eigenvalue weighted by Gasteiger charge is 2.30. The highest BCUT2D eigenvalue weighted by atomic mass is 35.5. The van der Waals surface area contributed by atoms with Crippen LogP contribution in [0.15, 0.2) is 17.0 Å². The minimum atomic E-state index is -3.51. The number of carbonyl (C=O) groups excluding carboxylic acids is 1. The van der Waals surface area contributed by atoms with Gasteiger partial charge < -0.3 is 5.11 Å². The van der Waals surface area contributed by atoms with Crippen molar-refractivity contribution in [3.05, 3.63) is 39.5 Å². The van der Waals surface area contributed by atoms with E-state index in [4.69, 9.17) is 11.6 Å². The fraction of sp³-hybridized carbons (Fsp3) is 0.444. The molecule has 0 spiro atoms. The Balaban J connectivity index is 2.13. The molecular weight excluding hydrogens is 390 g/mol. The molecule has 27 heavy (non-hydrogen) atoms. The van der Waals surface area contributed by atoms with Crippen LogP contribution in [0.25, 0.3) is 0 Å². The molecule has 1 N–H and O–H groups in total. The number of aromatic nitrogens is 2. The summed E-state index contributed by atoms with van der Waals surface area (Å²) < 4.78 is 25.7. The first-order valence-corrected chi connectivity index (χ1v) is 10.8. The van der Waals surface area contributed by atoms with Gasteiger partial charge in [-0.3, -0.25) is 9.69 Å². The summed E-state index contributed by atoms with van der Waals surface area (Å²) in [7, 11) is -0.0748. The van der Waals surface area contributed by atoms with Crippen LogP contribution in [0.3, 0.4) is 0 Å². The van der Waals surface area contributed by atoms with Crippen molar-refractivity contribution in [3.63, 3.8) is 0 Å². The summed E-state index contributed by atoms with van der Waals surface area (Å²) in [6.07, 6.45) is 3.24. The van der Waals surface area contributed by atoms with Crippen molar-refractivity contribution in [1.29, 1.82) is 0 Å². The van der Waals surface area contributed by atoms with Crippen molar-refractivity contribution < 1.29 is 18.3 Å². The first-order chi connectivity index (χ1) is 12.5. The van der Waals surface area contributed by atoms with Crippen molar-refractivity contribution in [3.8, 4) is 5.88 Å². The van der Waals surface area contributed by atoms with Gasteiger partial charge in [0.2, 0.25) is 11.7 Å². The average Bonchev–Trinajstić information content (AvgIpc) is 3.36. The molecule has 0 amide bonds. The van der Waals surface area contributed by atoms with Crippen molar-refractivity contribution in [2.75, 3.05) is 13.3 Å². The maximum atomic E-state index is 13.0. The van der Waals surface area contributed by atoms with E-state index in [1.165, 1.54) is 23.9 Å². The van der Waals surface area contributed by atoms with Gasteiger partial charge in [-0.15, -0.1) is 0 Å². The van der Waals surface area contributed by atoms with E-state index in [1.54, 1.807) is 6.92 Å². The van der Waals surface area contributed by atoms with Crippen LogP contribution in [0.1, 0.15) is 40.0 Å². The second-order valence-electron chi connectivity index (χ2n) is 7.06. The Morgan fingerprint density at radius 2 is 2.04 bits per heavy atom. The Kier molecular flexibility index (Phi) is 5.09. The van der Waals surface area contributed by atoms with Gasteiger partial charge in [-0.05, 0) is 38.9 Å². The van der Waals surface area contributed by atoms with Crippen LogP contribution in [0, 0.1) is 6.92 Å². The van der Waals surface area contributed by atoms with E-state index in [-0.39, 0.29) is 26.9 Å². The highest BCUT2D eigenvalue weighted by molar-refractivity contribution is 7.90. The molecule has 9 heteroatoms. The van der Waals surface area contributed by atoms with Gasteiger partial charge >= 0.3 is 0 Å². The van der Waals surface area contributed by atoms with E-state index >= 15 is 0 Å². The maximum absolute atomic E-state index is 13.0. The quantitative estimate of drug-likeness (QED) is 0.733. The van der Waals surface area contributed by atoms with Gasteiger partial charge in [0.05, 0.1) is 15.6 Å². The summed E-state index contributed by atoms with van der Waals surface area (Å²) in [5.41, 5.74) is 0.989. The maximum Gasteiger partial charge on any atom is 0.220 e. The molecule has 1 heterocycles. The van der Waals surface area contributed by atoms with E-state index in [0.717, 1.165) is 19.1 Å². The summed E-state index contributed by atoms with van der Waals surface area (Å²) in [6, 6.07) is 3.21. The molecule has 2 aromatic rings. The lowest BCUT2D eigenvalue weighted by atomic mass is 10.0. The molecule has 1 fully saturated rings. The number of sulfone groups is 1. The van der Waals surface area contributed by atoms with E-state index in [9.17, 15) is 18.3 Å². The third-order valence-electron chi connectivity index (χ3n) is 4.84. The number of ketones is 1. The topological polar surface area (TPSA) is 92.5 Å². The number of hydrogen-bond donors (Lipinski definition) is 1. The minimum Gasteiger partial charge on any atom is -0.493 e. The molecule has 7 nitrogen and oxygen atoms in total. The van der Waals surface area contributed by atoms with Crippen LogP contribution in [0.2, 0.25) is 5.02 Å². The number of benzene rings is 1. The predicted molar refractivity (Wildman–Crippen MR) is 102 cm³/mol. The molecule has 0 saturated heterocycles. The fourth-order valence-corrected chi connectivity index (χ4v) is 4.51. The molecule has 1 aromatic heterocycles. The summed E-state index contributed by atoms with van der Waals surface area (Å²) in [4.78, 5) is 15.2. The van der Waals surface area contributed by atoms with Crippen LogP contribution in [0.4, 0.5) is 0 Å². The number of halogens is 1. The zero-order valence-corrected chi connectivity index (χ0v) is 17.2. The van der Waals surface area contributed by atoms with E-state index in [2.05, 4.69) is 5.10 Å². The Morgan fingerprint density at radius 1 is 1.41 bits per heavy atom. The zero-order valence-electron chi connectivity index (χ0n) is 15.7. The van der Waals surface area contributed by atoms with Gasteiger partial charge in [0, 0.05) is 37.0 Å². The van der Waals surface area contributed by atoms with Gasteiger partial charge in [-0.2, -0.15) is 5.10 Å². The molecule has 0 radical (unpaired) electrons. The summed E-state index contributed by atoms with van der Waals surface area (Å²) in [5, 5.41) is 14.3. The summed E-state index contributed by atoms with van der Waals surface area (Å²) in [5.74, 6) is -0.740. The molecular formula is C18H22ClN3O4S. The first-order valence-electron chi connectivity index (χ1n) is 8.51. The van der Waals surface area contributed by atoms with Gasteiger partial charge in [-0.1, -0.05) is 11.6 Å². The molecule has 0 unspecified atom stereocenters. The Morgan fingerprint density at radius 3 is 2.52 bits per heavy atom. The third-order valence-corrected chi connectivity index (χ3v) is 6.45. The molecule has 1 aliphatic carbocycles. The Bertz CT molecular complexity index is 1030. The zero-order chi connectivity index (χ0) is 20.1. The number of aryl methyl sites for hydroxylation is 2. The first kappa shape index (κ1) is 19.9. The van der Waals surface area contributed by atoms with E-state index < -0.39 is 15.6 Å². The Hall–Kier alpha value is -1.90. The van der Waals surface area contributed by atoms with Crippen LogP contribution in [-0.2, 0) is 23.4 Å². The monoisotopic (exact) mass is 411 g/mol. The van der Waals surface area contributed by atoms with Crippen LogP contribution in [-0.4, -0.2) is 53.3 Å². The van der Waals surface area contributed by atoms with Crippen LogP contribution < -0.4 is 0 Å². The Labute approximate surface area is 163 Å². The number of hydrogen-bond acceptors (Lipinski definition) is 6. The molecule has 1 aromatic carbocycles. The second kappa shape index (κ2) is 6.92.